The van der Waals surface area contributed by atoms with Crippen molar-refractivity contribution in [1.29, 1.82) is 0 Å². The SMILES string of the molecule is CC(=O)C(=O)NC1CN(C(C)=O)C1. The fraction of sp³-hybridized carbons (Fsp3) is 0.625. The van der Waals surface area contributed by atoms with Gasteiger partial charge in [0.15, 0.2) is 0 Å². The minimum atomic E-state index is -0.576. The van der Waals surface area contributed by atoms with E-state index < -0.39 is 11.7 Å². The van der Waals surface area contributed by atoms with Crippen LogP contribution in [-0.2, 0) is 14.4 Å². The molecule has 1 fully saturated rings. The molecule has 13 heavy (non-hydrogen) atoms. The Balaban J connectivity index is 2.26. The normalized spacial score (nSPS) is 16.3. The third kappa shape index (κ3) is 2.27. The highest BCUT2D eigenvalue weighted by Gasteiger charge is 2.30. The van der Waals surface area contributed by atoms with Crippen molar-refractivity contribution in [2.24, 2.45) is 0 Å². The maximum Gasteiger partial charge on any atom is 0.287 e. The lowest BCUT2D eigenvalue weighted by Gasteiger charge is -2.38. The van der Waals surface area contributed by atoms with Gasteiger partial charge >= 0.3 is 0 Å². The van der Waals surface area contributed by atoms with Crippen LogP contribution in [0.25, 0.3) is 0 Å². The summed E-state index contributed by atoms with van der Waals surface area (Å²) in [7, 11) is 0. The predicted octanol–water partition coefficient (Wildman–Crippen LogP) is -1.08. The van der Waals surface area contributed by atoms with Gasteiger partial charge in [-0.05, 0) is 0 Å². The fourth-order valence-corrected chi connectivity index (χ4v) is 1.11. The number of carbonyl (C=O) groups is 3. The molecule has 0 aliphatic carbocycles. The van der Waals surface area contributed by atoms with Crippen molar-refractivity contribution in [3.8, 4) is 0 Å². The molecule has 1 heterocycles. The van der Waals surface area contributed by atoms with Gasteiger partial charge in [0.1, 0.15) is 0 Å². The first kappa shape index (κ1) is 9.70. The standard InChI is InChI=1S/C8H12N2O3/c1-5(11)8(13)9-7-3-10(4-7)6(2)12/h7H,3-4H2,1-2H3,(H,9,13). The topological polar surface area (TPSA) is 66.5 Å². The molecular weight excluding hydrogens is 172 g/mol. The van der Waals surface area contributed by atoms with Crippen molar-refractivity contribution >= 4 is 17.6 Å². The van der Waals surface area contributed by atoms with Crippen LogP contribution in [0.2, 0.25) is 0 Å². The van der Waals surface area contributed by atoms with Gasteiger partial charge in [-0.1, -0.05) is 0 Å². The molecule has 1 saturated heterocycles. The van der Waals surface area contributed by atoms with Crippen LogP contribution in [0.3, 0.4) is 0 Å². The number of hydrogen-bond acceptors (Lipinski definition) is 3. The van der Waals surface area contributed by atoms with Gasteiger partial charge in [-0.15, -0.1) is 0 Å². The molecule has 0 aromatic carbocycles. The molecule has 0 saturated carbocycles. The minimum Gasteiger partial charge on any atom is -0.343 e. The number of likely N-dealkylation sites (tertiary alicyclic amines) is 1. The van der Waals surface area contributed by atoms with Gasteiger partial charge in [0.25, 0.3) is 5.91 Å². The molecule has 1 aliphatic rings. The fourth-order valence-electron chi connectivity index (χ4n) is 1.11. The number of Topliss-reactive ketones (excluding diaryl/α,β-unsaturated/α-hetero) is 1. The van der Waals surface area contributed by atoms with Gasteiger partial charge in [-0.2, -0.15) is 0 Å². The van der Waals surface area contributed by atoms with Crippen molar-refractivity contribution in [2.75, 3.05) is 13.1 Å². The third-order valence-electron chi connectivity index (χ3n) is 1.98. The van der Waals surface area contributed by atoms with E-state index in [0.717, 1.165) is 0 Å². The summed E-state index contributed by atoms with van der Waals surface area (Å²) in [5.74, 6) is -1.08. The number of carbonyl (C=O) groups excluding carboxylic acids is 3. The Labute approximate surface area is 76.1 Å². The molecule has 0 bridgehead atoms. The molecule has 5 nitrogen and oxygen atoms in total. The van der Waals surface area contributed by atoms with E-state index in [0.29, 0.717) is 13.1 Å². The minimum absolute atomic E-state index is 0.00618. The summed E-state index contributed by atoms with van der Waals surface area (Å²) >= 11 is 0. The van der Waals surface area contributed by atoms with Crippen LogP contribution in [-0.4, -0.2) is 41.6 Å². The number of ketones is 1. The molecule has 0 radical (unpaired) electrons. The average Bonchev–Trinajstić information content (AvgIpc) is 1.94. The number of hydrogen-bond donors (Lipinski definition) is 1. The summed E-state index contributed by atoms with van der Waals surface area (Å²) in [5, 5.41) is 2.52. The van der Waals surface area contributed by atoms with Gasteiger partial charge in [0, 0.05) is 26.9 Å². The average molecular weight is 184 g/mol. The van der Waals surface area contributed by atoms with Gasteiger partial charge < -0.3 is 10.2 Å². The maximum absolute atomic E-state index is 10.9. The zero-order chi connectivity index (χ0) is 10.0. The molecule has 5 heteroatoms. The Morgan fingerprint density at radius 3 is 2.15 bits per heavy atom. The highest BCUT2D eigenvalue weighted by atomic mass is 16.2. The Morgan fingerprint density at radius 1 is 1.23 bits per heavy atom. The molecule has 0 aromatic rings. The molecule has 0 spiro atoms. The monoisotopic (exact) mass is 184 g/mol. The van der Waals surface area contributed by atoms with Crippen LogP contribution in [0, 0.1) is 0 Å². The lowest BCUT2D eigenvalue weighted by atomic mass is 10.1. The van der Waals surface area contributed by atoms with Crippen molar-refractivity contribution in [3.63, 3.8) is 0 Å². The highest BCUT2D eigenvalue weighted by molar-refractivity contribution is 6.35. The van der Waals surface area contributed by atoms with E-state index in [1.54, 1.807) is 4.90 Å². The molecule has 0 atom stereocenters. The van der Waals surface area contributed by atoms with Crippen LogP contribution in [0.1, 0.15) is 13.8 Å². The summed E-state index contributed by atoms with van der Waals surface area (Å²) in [6, 6.07) is -0.0553. The Morgan fingerprint density at radius 2 is 1.77 bits per heavy atom. The van der Waals surface area contributed by atoms with Crippen LogP contribution in [0.4, 0.5) is 0 Å². The Bertz CT molecular complexity index is 256. The summed E-state index contributed by atoms with van der Waals surface area (Å²) in [4.78, 5) is 33.7. The zero-order valence-electron chi connectivity index (χ0n) is 7.66. The molecule has 0 aromatic heterocycles. The van der Waals surface area contributed by atoms with Gasteiger partial charge in [-0.3, -0.25) is 14.4 Å². The number of amides is 2. The number of rotatable bonds is 2. The van der Waals surface area contributed by atoms with E-state index in [1.165, 1.54) is 13.8 Å². The first-order valence-electron chi connectivity index (χ1n) is 4.07. The third-order valence-corrected chi connectivity index (χ3v) is 1.98. The number of nitrogens with zero attached hydrogens (tertiary/aromatic N) is 1. The second kappa shape index (κ2) is 3.55. The summed E-state index contributed by atoms with van der Waals surface area (Å²) < 4.78 is 0. The predicted molar refractivity (Wildman–Crippen MR) is 44.9 cm³/mol. The van der Waals surface area contributed by atoms with Crippen molar-refractivity contribution in [3.05, 3.63) is 0 Å². The lowest BCUT2D eigenvalue weighted by Crippen LogP contribution is -2.61. The zero-order valence-corrected chi connectivity index (χ0v) is 7.66. The number of nitrogens with one attached hydrogen (secondary N) is 1. The Hall–Kier alpha value is -1.39. The van der Waals surface area contributed by atoms with Crippen molar-refractivity contribution in [1.82, 2.24) is 10.2 Å². The maximum atomic E-state index is 10.9. The molecule has 2 amide bonds. The van der Waals surface area contributed by atoms with Crippen LogP contribution in [0.5, 0.6) is 0 Å². The highest BCUT2D eigenvalue weighted by Crippen LogP contribution is 2.06. The molecule has 72 valence electrons. The lowest BCUT2D eigenvalue weighted by molar-refractivity contribution is -0.140. The molecule has 0 unspecified atom stereocenters. The van der Waals surface area contributed by atoms with Crippen molar-refractivity contribution < 1.29 is 14.4 Å². The summed E-state index contributed by atoms with van der Waals surface area (Å²) in [6.07, 6.45) is 0. The summed E-state index contributed by atoms with van der Waals surface area (Å²) in [6.45, 7) is 3.71. The quantitative estimate of drug-likeness (QED) is 0.555. The van der Waals surface area contributed by atoms with E-state index in [9.17, 15) is 14.4 Å². The van der Waals surface area contributed by atoms with Gasteiger partial charge in [0.05, 0.1) is 6.04 Å². The molecular formula is C8H12N2O3. The first-order chi connectivity index (χ1) is 6.00. The second-order valence-electron chi connectivity index (χ2n) is 3.15. The van der Waals surface area contributed by atoms with E-state index >= 15 is 0 Å². The van der Waals surface area contributed by atoms with E-state index in [1.807, 2.05) is 0 Å². The summed E-state index contributed by atoms with van der Waals surface area (Å²) in [5.41, 5.74) is 0. The van der Waals surface area contributed by atoms with Crippen LogP contribution < -0.4 is 5.32 Å². The molecule has 1 N–H and O–H groups in total. The van der Waals surface area contributed by atoms with Crippen molar-refractivity contribution in [2.45, 2.75) is 19.9 Å². The van der Waals surface area contributed by atoms with Crippen LogP contribution in [0.15, 0.2) is 0 Å². The largest absolute Gasteiger partial charge is 0.343 e. The van der Waals surface area contributed by atoms with E-state index in [4.69, 9.17) is 0 Å². The van der Waals surface area contributed by atoms with E-state index in [-0.39, 0.29) is 11.9 Å². The van der Waals surface area contributed by atoms with E-state index in [2.05, 4.69) is 5.32 Å². The van der Waals surface area contributed by atoms with Gasteiger partial charge in [0.2, 0.25) is 11.7 Å². The second-order valence-corrected chi connectivity index (χ2v) is 3.15. The first-order valence-corrected chi connectivity index (χ1v) is 4.07. The Kier molecular flexibility index (Phi) is 2.65. The molecule has 1 rings (SSSR count). The smallest absolute Gasteiger partial charge is 0.287 e. The van der Waals surface area contributed by atoms with Gasteiger partial charge in [-0.25, -0.2) is 0 Å². The van der Waals surface area contributed by atoms with Crippen LogP contribution >= 0.6 is 0 Å². The molecule has 1 aliphatic heterocycles.